The van der Waals surface area contributed by atoms with Crippen LogP contribution in [0.4, 0.5) is 9.52 Å². The van der Waals surface area contributed by atoms with Crippen molar-refractivity contribution in [1.29, 1.82) is 0 Å². The van der Waals surface area contributed by atoms with Gasteiger partial charge in [-0.1, -0.05) is 18.2 Å². The van der Waals surface area contributed by atoms with Crippen LogP contribution in [0.5, 0.6) is 17.2 Å². The van der Waals surface area contributed by atoms with Crippen LogP contribution in [0, 0.1) is 12.4 Å². The standard InChI is InChI=1S/C29H23FN4O5S2/c1-31-18-39-26-7-5-4-6-23(26)28-22-11-10-21(15-24(22)25(30)16-33-28)41(35,36)34(29-32-12-13-40-29)17-19-8-9-20(37-2)14-27(19)38-3/h4-16H,17-18H2,2-3H3. The lowest BCUT2D eigenvalue weighted by atomic mass is 10.0. The van der Waals surface area contributed by atoms with E-state index in [0.717, 1.165) is 21.8 Å². The highest BCUT2D eigenvalue weighted by Gasteiger charge is 2.29. The second-order valence-corrected chi connectivity index (χ2v) is 11.3. The summed E-state index contributed by atoms with van der Waals surface area (Å²) < 4.78 is 60.8. The zero-order valence-electron chi connectivity index (χ0n) is 21.9. The van der Waals surface area contributed by atoms with Gasteiger partial charge in [-0.25, -0.2) is 28.7 Å². The minimum atomic E-state index is -4.22. The monoisotopic (exact) mass is 590 g/mol. The first-order valence-corrected chi connectivity index (χ1v) is 14.5. The van der Waals surface area contributed by atoms with Gasteiger partial charge in [0.15, 0.2) is 5.13 Å². The fourth-order valence-electron chi connectivity index (χ4n) is 4.31. The summed E-state index contributed by atoms with van der Waals surface area (Å²) in [5.41, 5.74) is 1.53. The Kier molecular flexibility index (Phi) is 8.00. The number of ether oxygens (including phenoxy) is 3. The van der Waals surface area contributed by atoms with Gasteiger partial charge in [-0.05, 0) is 36.4 Å². The van der Waals surface area contributed by atoms with E-state index in [9.17, 15) is 8.42 Å². The molecule has 0 aliphatic rings. The number of anilines is 1. The molecule has 0 saturated carbocycles. The molecular weight excluding hydrogens is 567 g/mol. The summed E-state index contributed by atoms with van der Waals surface area (Å²) in [4.78, 5) is 11.6. The minimum Gasteiger partial charge on any atom is -0.497 e. The predicted octanol–water partition coefficient (Wildman–Crippen LogP) is 6.17. The Hall–Kier alpha value is -4.73. The number of methoxy groups -OCH3 is 2. The molecule has 3 aromatic carbocycles. The van der Waals surface area contributed by atoms with Gasteiger partial charge in [-0.2, -0.15) is 0 Å². The molecule has 9 nitrogen and oxygen atoms in total. The lowest BCUT2D eigenvalue weighted by Crippen LogP contribution is -2.30. The third-order valence-corrected chi connectivity index (χ3v) is 8.91. The summed E-state index contributed by atoms with van der Waals surface area (Å²) in [7, 11) is -1.20. The molecule has 0 aliphatic heterocycles. The minimum absolute atomic E-state index is 0.0668. The molecular formula is C29H23FN4O5S2. The van der Waals surface area contributed by atoms with Gasteiger partial charge in [0.1, 0.15) is 23.1 Å². The highest BCUT2D eigenvalue weighted by Crippen LogP contribution is 2.37. The molecule has 0 spiro atoms. The Labute approximate surface area is 240 Å². The van der Waals surface area contributed by atoms with Crippen LogP contribution in [0.2, 0.25) is 0 Å². The first-order valence-electron chi connectivity index (χ1n) is 12.1. The predicted molar refractivity (Wildman–Crippen MR) is 154 cm³/mol. The number of benzene rings is 3. The zero-order chi connectivity index (χ0) is 29.0. The Morgan fingerprint density at radius 2 is 1.83 bits per heavy atom. The molecule has 0 radical (unpaired) electrons. The molecule has 41 heavy (non-hydrogen) atoms. The topological polar surface area (TPSA) is 95.2 Å². The Balaban J connectivity index is 1.61. The number of fused-ring (bicyclic) bond motifs is 1. The lowest BCUT2D eigenvalue weighted by molar-refractivity contribution is 0.362. The SMILES string of the molecule is [C-]#[N+]COc1ccccc1-c1ncc(F)c2cc(S(=O)(=O)N(Cc3ccc(OC)cc3OC)c3nccs3)ccc12. The number of halogens is 1. The normalized spacial score (nSPS) is 11.2. The summed E-state index contributed by atoms with van der Waals surface area (Å²) in [5.74, 6) is 0.729. The van der Waals surface area contributed by atoms with E-state index >= 15 is 4.39 Å². The van der Waals surface area contributed by atoms with Crippen molar-refractivity contribution in [2.75, 3.05) is 25.3 Å². The summed E-state index contributed by atoms with van der Waals surface area (Å²) >= 11 is 1.16. The molecule has 2 heterocycles. The number of hydrogen-bond acceptors (Lipinski definition) is 8. The van der Waals surface area contributed by atoms with Crippen molar-refractivity contribution in [3.05, 3.63) is 101 Å². The van der Waals surface area contributed by atoms with Gasteiger partial charge in [-0.3, -0.25) is 9.83 Å². The van der Waals surface area contributed by atoms with Crippen molar-refractivity contribution in [2.24, 2.45) is 0 Å². The van der Waals surface area contributed by atoms with Crippen molar-refractivity contribution in [2.45, 2.75) is 11.4 Å². The molecule has 0 amide bonds. The largest absolute Gasteiger partial charge is 0.497 e. The number of rotatable bonds is 10. The maximum atomic E-state index is 15.2. The number of para-hydroxylation sites is 1. The Morgan fingerprint density at radius 1 is 1.00 bits per heavy atom. The van der Waals surface area contributed by atoms with E-state index in [1.807, 2.05) is 0 Å². The number of aromatic nitrogens is 2. The molecule has 0 saturated heterocycles. The average molecular weight is 591 g/mol. The molecule has 12 heteroatoms. The van der Waals surface area contributed by atoms with Crippen molar-refractivity contribution >= 4 is 37.3 Å². The van der Waals surface area contributed by atoms with Crippen LogP contribution in [0.25, 0.3) is 26.9 Å². The average Bonchev–Trinajstić information content (AvgIpc) is 3.53. The van der Waals surface area contributed by atoms with Crippen molar-refractivity contribution in [1.82, 2.24) is 9.97 Å². The van der Waals surface area contributed by atoms with Gasteiger partial charge >= 0.3 is 6.73 Å². The van der Waals surface area contributed by atoms with E-state index in [1.165, 1.54) is 38.6 Å². The highest BCUT2D eigenvalue weighted by molar-refractivity contribution is 7.93. The van der Waals surface area contributed by atoms with E-state index in [0.29, 0.717) is 39.5 Å². The van der Waals surface area contributed by atoms with E-state index in [1.54, 1.807) is 47.8 Å². The number of nitrogens with zero attached hydrogens (tertiary/aromatic N) is 4. The molecule has 0 bridgehead atoms. The Bertz CT molecular complexity index is 1860. The maximum Gasteiger partial charge on any atom is 0.357 e. The second-order valence-electron chi connectivity index (χ2n) is 8.59. The van der Waals surface area contributed by atoms with Gasteiger partial charge in [0.05, 0.1) is 37.6 Å². The summed E-state index contributed by atoms with van der Waals surface area (Å²) in [6, 6.07) is 16.3. The fraction of sp³-hybridized carbons (Fsp3) is 0.138. The number of sulfonamides is 1. The molecule has 5 aromatic rings. The van der Waals surface area contributed by atoms with Crippen LogP contribution in [0.15, 0.2) is 83.3 Å². The van der Waals surface area contributed by atoms with Gasteiger partial charge < -0.3 is 14.2 Å². The maximum absolute atomic E-state index is 15.2. The summed E-state index contributed by atoms with van der Waals surface area (Å²) in [6.45, 7) is 6.75. The van der Waals surface area contributed by atoms with E-state index in [2.05, 4.69) is 14.8 Å². The summed E-state index contributed by atoms with van der Waals surface area (Å²) in [5, 5.41) is 2.37. The molecule has 0 fully saturated rings. The second kappa shape index (κ2) is 11.8. The zero-order valence-corrected chi connectivity index (χ0v) is 23.6. The van der Waals surface area contributed by atoms with Crippen LogP contribution in [-0.2, 0) is 16.6 Å². The quantitative estimate of drug-likeness (QED) is 0.180. The highest BCUT2D eigenvalue weighted by atomic mass is 32.2. The first kappa shape index (κ1) is 27.8. The number of hydrogen-bond donors (Lipinski definition) is 0. The van der Waals surface area contributed by atoms with Crippen LogP contribution < -0.4 is 18.5 Å². The van der Waals surface area contributed by atoms with Crippen molar-refractivity contribution in [3.63, 3.8) is 0 Å². The third kappa shape index (κ3) is 5.50. The van der Waals surface area contributed by atoms with Crippen LogP contribution in [0.3, 0.4) is 0 Å². The van der Waals surface area contributed by atoms with Crippen LogP contribution in [-0.4, -0.2) is 39.3 Å². The van der Waals surface area contributed by atoms with Crippen molar-refractivity contribution < 1.29 is 27.0 Å². The first-order chi connectivity index (χ1) is 19.9. The molecule has 5 rings (SSSR count). The molecule has 0 unspecified atom stereocenters. The van der Waals surface area contributed by atoms with E-state index < -0.39 is 15.8 Å². The number of thiazole rings is 1. The third-order valence-electron chi connectivity index (χ3n) is 6.27. The molecule has 0 aliphatic carbocycles. The molecule has 0 N–H and O–H groups in total. The molecule has 208 valence electrons. The van der Waals surface area contributed by atoms with E-state index in [-0.39, 0.29) is 28.7 Å². The van der Waals surface area contributed by atoms with Gasteiger partial charge in [-0.15, -0.1) is 11.3 Å². The van der Waals surface area contributed by atoms with Crippen molar-refractivity contribution in [3.8, 4) is 28.5 Å². The lowest BCUT2D eigenvalue weighted by Gasteiger charge is -2.23. The number of pyridine rings is 1. The molecule has 2 aromatic heterocycles. The van der Waals surface area contributed by atoms with E-state index in [4.69, 9.17) is 20.8 Å². The van der Waals surface area contributed by atoms with Gasteiger partial charge in [0.25, 0.3) is 10.0 Å². The summed E-state index contributed by atoms with van der Waals surface area (Å²) in [6.07, 6.45) is 2.56. The van der Waals surface area contributed by atoms with Gasteiger partial charge in [0.2, 0.25) is 0 Å². The molecule has 0 atom stereocenters. The fourth-order valence-corrected chi connectivity index (χ4v) is 6.61. The smallest absolute Gasteiger partial charge is 0.357 e. The van der Waals surface area contributed by atoms with Crippen LogP contribution >= 0.6 is 11.3 Å². The Morgan fingerprint density at radius 3 is 2.56 bits per heavy atom. The van der Waals surface area contributed by atoms with Crippen LogP contribution in [0.1, 0.15) is 5.56 Å². The van der Waals surface area contributed by atoms with Gasteiger partial charge in [0, 0.05) is 39.5 Å².